The van der Waals surface area contributed by atoms with Gasteiger partial charge in [-0.3, -0.25) is 9.69 Å². The molecule has 0 spiro atoms. The van der Waals surface area contributed by atoms with Gasteiger partial charge in [0.1, 0.15) is 6.61 Å². The van der Waals surface area contributed by atoms with Gasteiger partial charge in [-0.1, -0.05) is 61.4 Å². The highest BCUT2D eigenvalue weighted by molar-refractivity contribution is 5.85. The number of halogens is 1. The number of piperazine rings is 1. The highest BCUT2D eigenvalue weighted by Gasteiger charge is 2.44. The van der Waals surface area contributed by atoms with Crippen molar-refractivity contribution in [2.75, 3.05) is 44.2 Å². The van der Waals surface area contributed by atoms with E-state index in [0.717, 1.165) is 64.0 Å². The van der Waals surface area contributed by atoms with E-state index < -0.39 is 5.41 Å². The Morgan fingerprint density at radius 2 is 1.45 bits per heavy atom. The van der Waals surface area contributed by atoms with E-state index in [1.54, 1.807) is 0 Å². The predicted octanol–water partition coefficient (Wildman–Crippen LogP) is 4.29. The molecule has 1 saturated carbocycles. The minimum absolute atomic E-state index is 0. The van der Waals surface area contributed by atoms with Gasteiger partial charge in [0.05, 0.1) is 5.41 Å². The van der Waals surface area contributed by atoms with E-state index in [1.165, 1.54) is 5.69 Å². The molecule has 0 aromatic heterocycles. The lowest BCUT2D eigenvalue weighted by Gasteiger charge is -2.36. The lowest BCUT2D eigenvalue weighted by atomic mass is 9.79. The van der Waals surface area contributed by atoms with Crippen molar-refractivity contribution in [3.8, 4) is 0 Å². The number of esters is 1. The molecule has 1 saturated heterocycles. The molecule has 1 aliphatic carbocycles. The number of hydrogen-bond donors (Lipinski definition) is 0. The van der Waals surface area contributed by atoms with E-state index in [2.05, 4.69) is 52.3 Å². The fourth-order valence-corrected chi connectivity index (χ4v) is 4.62. The quantitative estimate of drug-likeness (QED) is 0.660. The van der Waals surface area contributed by atoms with Gasteiger partial charge in [-0.05, 0) is 30.5 Å². The number of carbonyl (C=O) groups excluding carboxylic acids is 1. The molecular weight excluding hydrogens is 384 g/mol. The molecule has 0 unspecified atom stereocenters. The van der Waals surface area contributed by atoms with Crippen LogP contribution in [0.5, 0.6) is 0 Å². The van der Waals surface area contributed by atoms with Gasteiger partial charge in [0.25, 0.3) is 0 Å². The molecule has 2 aliphatic rings. The van der Waals surface area contributed by atoms with E-state index in [4.69, 9.17) is 4.74 Å². The molecule has 1 aliphatic heterocycles. The van der Waals surface area contributed by atoms with Crippen molar-refractivity contribution < 1.29 is 9.53 Å². The zero-order valence-electron chi connectivity index (χ0n) is 17.0. The van der Waals surface area contributed by atoms with Crippen LogP contribution in [0.25, 0.3) is 0 Å². The molecule has 0 N–H and O–H groups in total. The Bertz CT molecular complexity index is 755. The predicted molar refractivity (Wildman–Crippen MR) is 120 cm³/mol. The third-order valence-corrected chi connectivity index (χ3v) is 6.31. The van der Waals surface area contributed by atoms with Crippen molar-refractivity contribution in [1.82, 2.24) is 4.90 Å². The van der Waals surface area contributed by atoms with Crippen molar-refractivity contribution in [3.63, 3.8) is 0 Å². The minimum Gasteiger partial charge on any atom is -0.464 e. The van der Waals surface area contributed by atoms with Crippen molar-refractivity contribution >= 4 is 24.1 Å². The van der Waals surface area contributed by atoms with Crippen LogP contribution < -0.4 is 4.90 Å². The van der Waals surface area contributed by atoms with Crippen LogP contribution in [-0.4, -0.2) is 50.2 Å². The smallest absolute Gasteiger partial charge is 0.316 e. The number of carbonyl (C=O) groups is 1. The first-order chi connectivity index (χ1) is 13.8. The van der Waals surface area contributed by atoms with E-state index >= 15 is 0 Å². The fraction of sp³-hybridized carbons (Fsp3) is 0.458. The van der Waals surface area contributed by atoms with E-state index in [1.807, 2.05) is 18.2 Å². The van der Waals surface area contributed by atoms with Gasteiger partial charge in [-0.15, -0.1) is 12.4 Å². The second-order valence-corrected chi connectivity index (χ2v) is 7.96. The highest BCUT2D eigenvalue weighted by atomic mass is 35.5. The molecule has 5 heteroatoms. The van der Waals surface area contributed by atoms with Gasteiger partial charge in [-0.2, -0.15) is 0 Å². The maximum absolute atomic E-state index is 13.0. The molecule has 29 heavy (non-hydrogen) atoms. The number of ether oxygens (including phenoxy) is 1. The van der Waals surface area contributed by atoms with Crippen LogP contribution in [0.15, 0.2) is 60.7 Å². The topological polar surface area (TPSA) is 32.8 Å². The number of anilines is 1. The Balaban J connectivity index is 0.00000240. The van der Waals surface area contributed by atoms with Gasteiger partial charge in [0.2, 0.25) is 0 Å². The third-order valence-electron chi connectivity index (χ3n) is 6.31. The molecule has 0 bridgehead atoms. The molecule has 0 radical (unpaired) electrons. The van der Waals surface area contributed by atoms with Crippen LogP contribution in [0, 0.1) is 0 Å². The fourth-order valence-electron chi connectivity index (χ4n) is 4.62. The number of rotatable bonds is 6. The summed E-state index contributed by atoms with van der Waals surface area (Å²) in [7, 11) is 0. The van der Waals surface area contributed by atoms with Crippen molar-refractivity contribution in [1.29, 1.82) is 0 Å². The van der Waals surface area contributed by atoms with Crippen LogP contribution in [0.2, 0.25) is 0 Å². The molecule has 0 atom stereocenters. The maximum atomic E-state index is 13.0. The normalized spacial score (nSPS) is 18.8. The molecule has 2 aromatic carbocycles. The monoisotopic (exact) mass is 414 g/mol. The molecular formula is C24H31ClN2O2. The summed E-state index contributed by atoms with van der Waals surface area (Å²) in [5.41, 5.74) is 1.99. The van der Waals surface area contributed by atoms with E-state index in [-0.39, 0.29) is 18.4 Å². The third kappa shape index (κ3) is 4.93. The Hall–Kier alpha value is -2.04. The number of hydrogen-bond acceptors (Lipinski definition) is 4. The van der Waals surface area contributed by atoms with Crippen molar-refractivity contribution in [2.24, 2.45) is 0 Å². The van der Waals surface area contributed by atoms with Gasteiger partial charge in [-0.25, -0.2) is 0 Å². The van der Waals surface area contributed by atoms with Crippen LogP contribution in [0.3, 0.4) is 0 Å². The van der Waals surface area contributed by atoms with Crippen LogP contribution in [0.4, 0.5) is 5.69 Å². The van der Waals surface area contributed by atoms with Crippen molar-refractivity contribution in [3.05, 3.63) is 66.2 Å². The summed E-state index contributed by atoms with van der Waals surface area (Å²) in [6.45, 7) is 5.36. The number of benzene rings is 2. The van der Waals surface area contributed by atoms with Crippen LogP contribution in [-0.2, 0) is 14.9 Å². The zero-order valence-corrected chi connectivity index (χ0v) is 17.8. The first-order valence-electron chi connectivity index (χ1n) is 10.5. The second kappa shape index (κ2) is 10.1. The average Bonchev–Trinajstić information content (AvgIpc) is 3.27. The first-order valence-corrected chi connectivity index (χ1v) is 10.5. The van der Waals surface area contributed by atoms with Gasteiger partial charge >= 0.3 is 5.97 Å². The average molecular weight is 415 g/mol. The first kappa shape index (κ1) is 21.7. The Morgan fingerprint density at radius 1 is 0.862 bits per heavy atom. The Morgan fingerprint density at radius 3 is 2.07 bits per heavy atom. The molecule has 4 nitrogen and oxygen atoms in total. The van der Waals surface area contributed by atoms with E-state index in [9.17, 15) is 4.79 Å². The molecule has 156 valence electrons. The van der Waals surface area contributed by atoms with Crippen LogP contribution in [0.1, 0.15) is 31.2 Å². The summed E-state index contributed by atoms with van der Waals surface area (Å²) < 4.78 is 5.80. The molecule has 0 amide bonds. The lowest BCUT2D eigenvalue weighted by Crippen LogP contribution is -2.47. The van der Waals surface area contributed by atoms with E-state index in [0.29, 0.717) is 6.61 Å². The molecule has 1 heterocycles. The second-order valence-electron chi connectivity index (χ2n) is 7.96. The lowest BCUT2D eigenvalue weighted by molar-refractivity contribution is -0.151. The summed E-state index contributed by atoms with van der Waals surface area (Å²) in [6.07, 6.45) is 4.02. The maximum Gasteiger partial charge on any atom is 0.316 e. The van der Waals surface area contributed by atoms with Gasteiger partial charge < -0.3 is 9.64 Å². The number of nitrogens with zero attached hydrogens (tertiary/aromatic N) is 2. The zero-order chi connectivity index (χ0) is 19.2. The molecule has 2 fully saturated rings. The Kier molecular flexibility index (Phi) is 7.57. The SMILES string of the molecule is Cl.O=C(OCCN1CCN(c2ccccc2)CC1)C1(c2ccccc2)CCCC1. The molecule has 4 rings (SSSR count). The van der Waals surface area contributed by atoms with Crippen molar-refractivity contribution in [2.45, 2.75) is 31.1 Å². The number of para-hydroxylation sites is 1. The largest absolute Gasteiger partial charge is 0.464 e. The molecule has 2 aromatic rings. The minimum atomic E-state index is -0.423. The van der Waals surface area contributed by atoms with Gasteiger partial charge in [0.15, 0.2) is 0 Å². The van der Waals surface area contributed by atoms with Crippen LogP contribution >= 0.6 is 12.4 Å². The summed E-state index contributed by atoms with van der Waals surface area (Å²) in [5.74, 6) is -0.0286. The van der Waals surface area contributed by atoms with Gasteiger partial charge in [0, 0.05) is 38.4 Å². The summed E-state index contributed by atoms with van der Waals surface area (Å²) >= 11 is 0. The highest BCUT2D eigenvalue weighted by Crippen LogP contribution is 2.42. The summed E-state index contributed by atoms with van der Waals surface area (Å²) in [5, 5.41) is 0. The summed E-state index contributed by atoms with van der Waals surface area (Å²) in [4.78, 5) is 17.8. The summed E-state index contributed by atoms with van der Waals surface area (Å²) in [6, 6.07) is 20.8. The Labute approximate surface area is 180 Å². The standard InChI is InChI=1S/C24H30N2O2.ClH/c27-23(24(13-7-8-14-24)21-9-3-1-4-10-21)28-20-19-25-15-17-26(18-16-25)22-11-5-2-6-12-22;/h1-6,9-12H,7-8,13-20H2;1H.